The normalized spacial score (nSPS) is 13.8. The van der Waals surface area contributed by atoms with E-state index in [1.54, 1.807) is 21.7 Å². The smallest absolute Gasteiger partial charge is 0.289 e. The highest BCUT2D eigenvalue weighted by molar-refractivity contribution is 5.91. The number of benzene rings is 2. The fraction of sp³-hybridized carbons (Fsp3) is 0.217. The molecule has 5 rings (SSSR count). The fourth-order valence-electron chi connectivity index (χ4n) is 3.64. The van der Waals surface area contributed by atoms with E-state index in [1.807, 2.05) is 30.3 Å². The van der Waals surface area contributed by atoms with E-state index < -0.39 is 0 Å². The fourth-order valence-corrected chi connectivity index (χ4v) is 3.64. The summed E-state index contributed by atoms with van der Waals surface area (Å²) in [5, 5.41) is 12.1. The molecule has 0 unspecified atom stereocenters. The Hall–Kier alpha value is -4.21. The molecule has 1 amide bonds. The van der Waals surface area contributed by atoms with Gasteiger partial charge >= 0.3 is 0 Å². The monoisotopic (exact) mass is 448 g/mol. The van der Waals surface area contributed by atoms with Gasteiger partial charge in [0.25, 0.3) is 5.91 Å². The summed E-state index contributed by atoms with van der Waals surface area (Å²) < 4.78 is 25.9. The molecule has 2 aromatic carbocycles. The number of rotatable bonds is 6. The molecule has 2 aromatic heterocycles. The predicted octanol–water partition coefficient (Wildman–Crippen LogP) is 2.94. The quantitative estimate of drug-likeness (QED) is 0.448. The minimum absolute atomic E-state index is 0.148. The highest BCUT2D eigenvalue weighted by Gasteiger charge is 2.27. The number of carbonyl (C=O) groups is 1. The number of piperazine rings is 1. The molecule has 9 nitrogen and oxygen atoms in total. The summed E-state index contributed by atoms with van der Waals surface area (Å²) in [6, 6.07) is 18.8. The van der Waals surface area contributed by atoms with Gasteiger partial charge in [-0.3, -0.25) is 4.79 Å². The highest BCUT2D eigenvalue weighted by Crippen LogP contribution is 2.19. The van der Waals surface area contributed by atoms with Gasteiger partial charge < -0.3 is 19.0 Å². The van der Waals surface area contributed by atoms with Crippen molar-refractivity contribution in [2.24, 2.45) is 0 Å². The molecule has 1 aliphatic heterocycles. The molecule has 1 fully saturated rings. The third-order valence-corrected chi connectivity index (χ3v) is 5.37. The first-order chi connectivity index (χ1) is 16.2. The molecule has 1 saturated heterocycles. The number of para-hydroxylation sites is 1. The lowest BCUT2D eigenvalue weighted by Crippen LogP contribution is -2.49. The summed E-state index contributed by atoms with van der Waals surface area (Å²) in [6.45, 7) is 2.38. The topological polar surface area (TPSA) is 89.5 Å². The number of furan rings is 1. The van der Waals surface area contributed by atoms with E-state index in [0.29, 0.717) is 43.6 Å². The minimum Gasteiger partial charge on any atom is -0.486 e. The lowest BCUT2D eigenvalue weighted by atomic mass is 10.3. The van der Waals surface area contributed by atoms with Gasteiger partial charge in [0.05, 0.1) is 5.69 Å². The Bertz CT molecular complexity index is 1220. The van der Waals surface area contributed by atoms with Crippen LogP contribution in [-0.2, 0) is 6.61 Å². The number of anilines is 1. The molecule has 4 aromatic rings. The standard InChI is InChI=1S/C23H21FN6O3/c24-17-6-8-19(9-7-17)32-16-20-10-11-21(33-20)22(31)28-12-14-29(15-13-28)23-25-26-27-30(23)18-4-2-1-3-5-18/h1-11H,12-16H2. The molecule has 0 spiro atoms. The Balaban J connectivity index is 1.18. The number of tetrazole rings is 1. The van der Waals surface area contributed by atoms with Gasteiger partial charge in [-0.15, -0.1) is 0 Å². The van der Waals surface area contributed by atoms with Crippen molar-refractivity contribution in [3.05, 3.63) is 84.1 Å². The van der Waals surface area contributed by atoms with E-state index in [4.69, 9.17) is 9.15 Å². The third-order valence-electron chi connectivity index (χ3n) is 5.37. The van der Waals surface area contributed by atoms with Crippen molar-refractivity contribution in [3.8, 4) is 11.4 Å². The lowest BCUT2D eigenvalue weighted by molar-refractivity contribution is 0.0710. The van der Waals surface area contributed by atoms with Gasteiger partial charge in [0.15, 0.2) is 5.76 Å². The van der Waals surface area contributed by atoms with Crippen LogP contribution >= 0.6 is 0 Å². The number of ether oxygens (including phenoxy) is 1. The second-order valence-electron chi connectivity index (χ2n) is 7.51. The van der Waals surface area contributed by atoms with Crippen LogP contribution in [0.4, 0.5) is 10.3 Å². The zero-order chi connectivity index (χ0) is 22.6. The molecule has 0 aliphatic carbocycles. The van der Waals surface area contributed by atoms with E-state index in [1.165, 1.54) is 24.3 Å². The van der Waals surface area contributed by atoms with Crippen LogP contribution in [0.5, 0.6) is 5.75 Å². The van der Waals surface area contributed by atoms with Crippen molar-refractivity contribution in [3.63, 3.8) is 0 Å². The molecule has 0 bridgehead atoms. The first kappa shape index (κ1) is 20.7. The van der Waals surface area contributed by atoms with Gasteiger partial charge in [-0.25, -0.2) is 4.39 Å². The van der Waals surface area contributed by atoms with Crippen LogP contribution in [-0.4, -0.2) is 57.2 Å². The maximum atomic E-state index is 13.0. The number of halogens is 1. The Morgan fingerprint density at radius 3 is 2.48 bits per heavy atom. The highest BCUT2D eigenvalue weighted by atomic mass is 19.1. The summed E-state index contributed by atoms with van der Waals surface area (Å²) in [7, 11) is 0. The van der Waals surface area contributed by atoms with Crippen LogP contribution in [0.2, 0.25) is 0 Å². The molecule has 0 N–H and O–H groups in total. The van der Waals surface area contributed by atoms with Gasteiger partial charge in [-0.2, -0.15) is 4.68 Å². The summed E-state index contributed by atoms with van der Waals surface area (Å²) in [6.07, 6.45) is 0. The van der Waals surface area contributed by atoms with Crippen molar-refractivity contribution in [2.45, 2.75) is 6.61 Å². The molecule has 0 radical (unpaired) electrons. The summed E-state index contributed by atoms with van der Waals surface area (Å²) in [4.78, 5) is 16.7. The maximum absolute atomic E-state index is 13.0. The third kappa shape index (κ3) is 4.54. The number of hydrogen-bond donors (Lipinski definition) is 0. The Kier molecular flexibility index (Phi) is 5.71. The largest absolute Gasteiger partial charge is 0.486 e. The minimum atomic E-state index is -0.329. The van der Waals surface area contributed by atoms with Crippen molar-refractivity contribution >= 4 is 11.9 Å². The summed E-state index contributed by atoms with van der Waals surface area (Å²) >= 11 is 0. The molecule has 10 heteroatoms. The molecule has 0 saturated carbocycles. The number of hydrogen-bond acceptors (Lipinski definition) is 7. The van der Waals surface area contributed by atoms with Crippen LogP contribution in [0.1, 0.15) is 16.3 Å². The summed E-state index contributed by atoms with van der Waals surface area (Å²) in [5.74, 6) is 1.44. The second-order valence-corrected chi connectivity index (χ2v) is 7.51. The van der Waals surface area contributed by atoms with Gasteiger partial charge in [0.1, 0.15) is 23.9 Å². The zero-order valence-corrected chi connectivity index (χ0v) is 17.7. The van der Waals surface area contributed by atoms with Crippen LogP contribution in [0, 0.1) is 5.82 Å². The maximum Gasteiger partial charge on any atom is 0.289 e. The Labute approximate surface area is 189 Å². The van der Waals surface area contributed by atoms with Crippen molar-refractivity contribution in [2.75, 3.05) is 31.1 Å². The van der Waals surface area contributed by atoms with E-state index in [0.717, 1.165) is 5.69 Å². The van der Waals surface area contributed by atoms with Gasteiger partial charge in [-0.05, 0) is 59.0 Å². The number of amides is 1. The second kappa shape index (κ2) is 9.11. The van der Waals surface area contributed by atoms with Gasteiger partial charge in [0.2, 0.25) is 5.95 Å². The van der Waals surface area contributed by atoms with Gasteiger partial charge in [0, 0.05) is 26.2 Å². The molecule has 168 valence electrons. The van der Waals surface area contributed by atoms with E-state index in [-0.39, 0.29) is 24.1 Å². The first-order valence-electron chi connectivity index (χ1n) is 10.5. The molecular weight excluding hydrogens is 427 g/mol. The lowest BCUT2D eigenvalue weighted by Gasteiger charge is -2.34. The average molecular weight is 448 g/mol. The first-order valence-corrected chi connectivity index (χ1v) is 10.5. The summed E-state index contributed by atoms with van der Waals surface area (Å²) in [5.41, 5.74) is 0.877. The number of carbonyl (C=O) groups excluding carboxylic acids is 1. The van der Waals surface area contributed by atoms with Crippen molar-refractivity contribution in [1.82, 2.24) is 25.1 Å². The molecular formula is C23H21FN6O3. The Morgan fingerprint density at radius 2 is 1.73 bits per heavy atom. The van der Waals surface area contributed by atoms with Crippen LogP contribution in [0.3, 0.4) is 0 Å². The Morgan fingerprint density at radius 1 is 0.970 bits per heavy atom. The molecule has 3 heterocycles. The molecule has 0 atom stereocenters. The van der Waals surface area contributed by atoms with Crippen LogP contribution in [0.25, 0.3) is 5.69 Å². The zero-order valence-electron chi connectivity index (χ0n) is 17.7. The van der Waals surface area contributed by atoms with E-state index >= 15 is 0 Å². The van der Waals surface area contributed by atoms with Crippen molar-refractivity contribution in [1.29, 1.82) is 0 Å². The number of aromatic nitrogens is 4. The van der Waals surface area contributed by atoms with E-state index in [9.17, 15) is 9.18 Å². The van der Waals surface area contributed by atoms with Crippen LogP contribution < -0.4 is 9.64 Å². The van der Waals surface area contributed by atoms with Crippen LogP contribution in [0.15, 0.2) is 71.1 Å². The predicted molar refractivity (Wildman–Crippen MR) is 117 cm³/mol. The average Bonchev–Trinajstić information content (AvgIpc) is 3.54. The van der Waals surface area contributed by atoms with Crippen molar-refractivity contribution < 1.29 is 18.3 Å². The molecule has 33 heavy (non-hydrogen) atoms. The van der Waals surface area contributed by atoms with E-state index in [2.05, 4.69) is 20.4 Å². The van der Waals surface area contributed by atoms with Gasteiger partial charge in [-0.1, -0.05) is 23.3 Å². The molecule has 1 aliphatic rings. The SMILES string of the molecule is O=C(c1ccc(COc2ccc(F)cc2)o1)N1CCN(c2nnnn2-c2ccccc2)CC1. The number of nitrogens with zero attached hydrogens (tertiary/aromatic N) is 6.